The minimum absolute atomic E-state index is 0.159. The second-order valence-electron chi connectivity index (χ2n) is 8.36. The number of anilines is 3. The van der Waals surface area contributed by atoms with Crippen LogP contribution < -0.4 is 20.7 Å². The summed E-state index contributed by atoms with van der Waals surface area (Å²) < 4.78 is 5.13. The van der Waals surface area contributed by atoms with Crippen molar-refractivity contribution in [2.75, 3.05) is 23.1 Å². The normalized spacial score (nSPS) is 11.2. The highest BCUT2D eigenvalue weighted by Gasteiger charge is 2.22. The predicted octanol–water partition coefficient (Wildman–Crippen LogP) is 6.38. The second-order valence-corrected chi connectivity index (χ2v) is 9.54. The Morgan fingerprint density at radius 3 is 1.82 bits per heavy atom. The lowest BCUT2D eigenvalue weighted by molar-refractivity contribution is -0.116. The van der Waals surface area contributed by atoms with Crippen LogP contribution in [-0.4, -0.2) is 24.8 Å². The molecule has 4 aromatic rings. The molecule has 3 N–H and O–H groups in total. The highest BCUT2D eigenvalue weighted by atomic mass is 32.2. The molecule has 0 saturated carbocycles. The number of benzene rings is 4. The van der Waals surface area contributed by atoms with Crippen LogP contribution >= 0.6 is 11.8 Å². The minimum atomic E-state index is -0.508. The molecular formula is C30H27N3O4S. The number of thioether (sulfide) groups is 1. The maximum Gasteiger partial charge on any atom is 0.255 e. The van der Waals surface area contributed by atoms with Gasteiger partial charge in [0.25, 0.3) is 5.91 Å². The molecule has 1 unspecified atom stereocenters. The number of ether oxygens (including phenoxy) is 1. The van der Waals surface area contributed by atoms with Crippen LogP contribution in [0.15, 0.2) is 108 Å². The molecule has 4 rings (SSSR count). The van der Waals surface area contributed by atoms with E-state index in [1.807, 2.05) is 54.6 Å². The molecule has 4 aromatic carbocycles. The maximum absolute atomic E-state index is 13.3. The van der Waals surface area contributed by atoms with Gasteiger partial charge in [-0.05, 0) is 78.4 Å². The van der Waals surface area contributed by atoms with Crippen molar-refractivity contribution in [3.63, 3.8) is 0 Å². The van der Waals surface area contributed by atoms with E-state index in [-0.39, 0.29) is 17.7 Å². The molecule has 0 heterocycles. The van der Waals surface area contributed by atoms with E-state index in [1.54, 1.807) is 55.6 Å². The lowest BCUT2D eigenvalue weighted by atomic mass is 10.1. The van der Waals surface area contributed by atoms with Crippen LogP contribution in [0.5, 0.6) is 5.75 Å². The Hall–Kier alpha value is -4.56. The van der Waals surface area contributed by atoms with E-state index in [0.29, 0.717) is 28.4 Å². The lowest BCUT2D eigenvalue weighted by Gasteiger charge is -2.17. The summed E-state index contributed by atoms with van der Waals surface area (Å²) in [6.07, 6.45) is 0. The van der Waals surface area contributed by atoms with E-state index in [2.05, 4.69) is 16.0 Å². The van der Waals surface area contributed by atoms with Crippen LogP contribution in [0.25, 0.3) is 0 Å². The molecule has 0 bridgehead atoms. The van der Waals surface area contributed by atoms with Gasteiger partial charge in [-0.25, -0.2) is 0 Å². The molecule has 0 aliphatic heterocycles. The van der Waals surface area contributed by atoms with Gasteiger partial charge in [0.2, 0.25) is 11.8 Å². The molecule has 8 heteroatoms. The molecule has 38 heavy (non-hydrogen) atoms. The molecule has 192 valence electrons. The Labute approximate surface area is 225 Å². The van der Waals surface area contributed by atoms with E-state index >= 15 is 0 Å². The average Bonchev–Trinajstić information content (AvgIpc) is 2.94. The van der Waals surface area contributed by atoms with Crippen molar-refractivity contribution >= 4 is 46.5 Å². The summed E-state index contributed by atoms with van der Waals surface area (Å²) in [4.78, 5) is 38.0. The zero-order chi connectivity index (χ0) is 26.9. The van der Waals surface area contributed by atoms with Crippen LogP contribution in [-0.2, 0) is 9.59 Å². The summed E-state index contributed by atoms with van der Waals surface area (Å²) in [5.74, 6) is 0.125. The van der Waals surface area contributed by atoms with Gasteiger partial charge in [0.05, 0.1) is 7.11 Å². The first-order chi connectivity index (χ1) is 18.4. The molecule has 7 nitrogen and oxygen atoms in total. The van der Waals surface area contributed by atoms with Gasteiger partial charge in [-0.1, -0.05) is 30.3 Å². The van der Waals surface area contributed by atoms with Crippen molar-refractivity contribution in [2.45, 2.75) is 17.1 Å². The van der Waals surface area contributed by atoms with Gasteiger partial charge in [0.1, 0.15) is 11.0 Å². The van der Waals surface area contributed by atoms with Crippen LogP contribution in [0, 0.1) is 0 Å². The number of nitrogens with one attached hydrogen (secondary N) is 3. The van der Waals surface area contributed by atoms with Gasteiger partial charge in [-0.3, -0.25) is 14.4 Å². The number of carbonyl (C=O) groups excluding carboxylic acids is 3. The van der Waals surface area contributed by atoms with E-state index < -0.39 is 5.25 Å². The molecule has 3 amide bonds. The summed E-state index contributed by atoms with van der Waals surface area (Å²) >= 11 is 1.41. The van der Waals surface area contributed by atoms with Crippen LogP contribution in [0.2, 0.25) is 0 Å². The summed E-state index contributed by atoms with van der Waals surface area (Å²) in [6, 6.07) is 30.8. The Morgan fingerprint density at radius 2 is 1.24 bits per heavy atom. The van der Waals surface area contributed by atoms with Crippen LogP contribution in [0.4, 0.5) is 17.1 Å². The number of carbonyl (C=O) groups is 3. The fraction of sp³-hybridized carbons (Fsp3) is 0.100. The molecule has 0 radical (unpaired) electrons. The molecule has 0 aromatic heterocycles. The van der Waals surface area contributed by atoms with Gasteiger partial charge in [-0.15, -0.1) is 11.8 Å². The first kappa shape index (κ1) is 26.5. The first-order valence-electron chi connectivity index (χ1n) is 11.9. The Kier molecular flexibility index (Phi) is 8.79. The fourth-order valence-electron chi connectivity index (χ4n) is 3.65. The van der Waals surface area contributed by atoms with Crippen molar-refractivity contribution < 1.29 is 19.1 Å². The molecule has 0 saturated heterocycles. The van der Waals surface area contributed by atoms with Gasteiger partial charge >= 0.3 is 0 Å². The second kappa shape index (κ2) is 12.6. The molecule has 1 atom stereocenters. The number of rotatable bonds is 9. The topological polar surface area (TPSA) is 96.5 Å². The SMILES string of the molecule is COc1ccc(C(=O)Nc2ccc(SC(C(=O)Nc3ccc(NC(C)=O)cc3)c3ccccc3)cc2)cc1. The third kappa shape index (κ3) is 7.24. The van der Waals surface area contributed by atoms with Gasteiger partial charge in [0, 0.05) is 34.4 Å². The van der Waals surface area contributed by atoms with Gasteiger partial charge in [-0.2, -0.15) is 0 Å². The van der Waals surface area contributed by atoms with Gasteiger partial charge < -0.3 is 20.7 Å². The number of hydrogen-bond acceptors (Lipinski definition) is 5. The largest absolute Gasteiger partial charge is 0.497 e. The molecule has 0 aliphatic carbocycles. The van der Waals surface area contributed by atoms with Crippen molar-refractivity contribution in [3.8, 4) is 5.75 Å². The Morgan fingerprint density at radius 1 is 0.684 bits per heavy atom. The third-order valence-electron chi connectivity index (χ3n) is 5.53. The van der Waals surface area contributed by atoms with Crippen LogP contribution in [0.1, 0.15) is 28.1 Å². The fourth-order valence-corrected chi connectivity index (χ4v) is 4.67. The van der Waals surface area contributed by atoms with Gasteiger partial charge in [0.15, 0.2) is 0 Å². The lowest BCUT2D eigenvalue weighted by Crippen LogP contribution is -2.19. The molecule has 0 spiro atoms. The zero-order valence-electron chi connectivity index (χ0n) is 20.9. The van der Waals surface area contributed by atoms with E-state index in [0.717, 1.165) is 10.5 Å². The first-order valence-corrected chi connectivity index (χ1v) is 12.7. The number of hydrogen-bond donors (Lipinski definition) is 3. The van der Waals surface area contributed by atoms with Crippen molar-refractivity contribution in [2.24, 2.45) is 0 Å². The molecule has 0 aliphatic rings. The molecule has 0 fully saturated rings. The van der Waals surface area contributed by atoms with E-state index in [1.165, 1.54) is 18.7 Å². The quantitative estimate of drug-likeness (QED) is 0.220. The Balaban J connectivity index is 1.45. The number of amides is 3. The monoisotopic (exact) mass is 525 g/mol. The Bertz CT molecular complexity index is 1390. The summed E-state index contributed by atoms with van der Waals surface area (Å²) in [6.45, 7) is 1.44. The summed E-state index contributed by atoms with van der Waals surface area (Å²) in [5.41, 5.74) is 3.32. The minimum Gasteiger partial charge on any atom is -0.497 e. The highest BCUT2D eigenvalue weighted by Crippen LogP contribution is 2.37. The van der Waals surface area contributed by atoms with Crippen molar-refractivity contribution in [3.05, 3.63) is 114 Å². The number of methoxy groups -OCH3 is 1. The average molecular weight is 526 g/mol. The van der Waals surface area contributed by atoms with Crippen molar-refractivity contribution in [1.29, 1.82) is 0 Å². The zero-order valence-corrected chi connectivity index (χ0v) is 21.8. The van der Waals surface area contributed by atoms with E-state index in [4.69, 9.17) is 4.74 Å². The maximum atomic E-state index is 13.3. The predicted molar refractivity (Wildman–Crippen MR) is 152 cm³/mol. The summed E-state index contributed by atoms with van der Waals surface area (Å²) in [5, 5.41) is 8.05. The smallest absolute Gasteiger partial charge is 0.255 e. The van der Waals surface area contributed by atoms with Crippen LogP contribution in [0.3, 0.4) is 0 Å². The highest BCUT2D eigenvalue weighted by molar-refractivity contribution is 8.00. The van der Waals surface area contributed by atoms with Crippen molar-refractivity contribution in [1.82, 2.24) is 0 Å². The van der Waals surface area contributed by atoms with E-state index in [9.17, 15) is 14.4 Å². The third-order valence-corrected chi connectivity index (χ3v) is 6.80. The summed E-state index contributed by atoms with van der Waals surface area (Å²) in [7, 11) is 1.58. The molecular weight excluding hydrogens is 498 g/mol. The standard InChI is InChI=1S/C30H27N3O4S/c1-20(34)31-23-10-12-24(13-11-23)33-30(36)28(21-6-4-3-5-7-21)38-27-18-14-25(15-19-27)32-29(35)22-8-16-26(37-2)17-9-22/h3-19,28H,1-2H3,(H,31,34)(H,32,35)(H,33,36).